The van der Waals surface area contributed by atoms with E-state index in [1.807, 2.05) is 0 Å². The summed E-state index contributed by atoms with van der Waals surface area (Å²) in [6.07, 6.45) is 3.50. The molecule has 0 atom stereocenters. The number of para-hydroxylation sites is 1. The zero-order valence-corrected chi connectivity index (χ0v) is 12.8. The van der Waals surface area contributed by atoms with Crippen LogP contribution in [0.15, 0.2) is 42.5 Å². The van der Waals surface area contributed by atoms with Gasteiger partial charge in [-0.1, -0.05) is 24.3 Å². The van der Waals surface area contributed by atoms with E-state index in [4.69, 9.17) is 4.74 Å². The fourth-order valence-corrected chi connectivity index (χ4v) is 3.46. The standard InChI is InChI=1S/C19H22N2O/c1-2-6-18-16(5-1)9-12-21(18)11-3-4-15-7-8-19-17(14-15)20-10-13-22-19/h1-2,5-8,14,20H,3-4,9-13H2. The number of fused-ring (bicyclic) bond motifs is 2. The highest BCUT2D eigenvalue weighted by Gasteiger charge is 2.17. The molecule has 0 fully saturated rings. The second kappa shape index (κ2) is 5.91. The smallest absolute Gasteiger partial charge is 0.142 e. The molecule has 0 spiro atoms. The van der Waals surface area contributed by atoms with Crippen molar-refractivity contribution in [1.29, 1.82) is 0 Å². The van der Waals surface area contributed by atoms with Crippen LogP contribution in [0.1, 0.15) is 17.5 Å². The molecular weight excluding hydrogens is 272 g/mol. The Hall–Kier alpha value is -2.16. The van der Waals surface area contributed by atoms with E-state index in [0.29, 0.717) is 0 Å². The first-order valence-electron chi connectivity index (χ1n) is 8.22. The first kappa shape index (κ1) is 13.5. The highest BCUT2D eigenvalue weighted by atomic mass is 16.5. The second-order valence-electron chi connectivity index (χ2n) is 6.08. The van der Waals surface area contributed by atoms with Gasteiger partial charge in [0, 0.05) is 25.3 Å². The second-order valence-corrected chi connectivity index (χ2v) is 6.08. The van der Waals surface area contributed by atoms with Gasteiger partial charge in [0.25, 0.3) is 0 Å². The average Bonchev–Trinajstić information content (AvgIpc) is 2.98. The molecule has 3 heteroatoms. The topological polar surface area (TPSA) is 24.5 Å². The monoisotopic (exact) mass is 294 g/mol. The largest absolute Gasteiger partial charge is 0.490 e. The van der Waals surface area contributed by atoms with Gasteiger partial charge in [0.2, 0.25) is 0 Å². The summed E-state index contributed by atoms with van der Waals surface area (Å²) in [6, 6.07) is 15.3. The Morgan fingerprint density at radius 2 is 2.09 bits per heavy atom. The molecule has 0 radical (unpaired) electrons. The molecule has 2 aromatic carbocycles. The Kier molecular flexibility index (Phi) is 3.63. The van der Waals surface area contributed by atoms with Crippen molar-refractivity contribution in [3.63, 3.8) is 0 Å². The molecule has 0 amide bonds. The van der Waals surface area contributed by atoms with E-state index in [0.717, 1.165) is 37.6 Å². The molecule has 114 valence electrons. The van der Waals surface area contributed by atoms with Crippen LogP contribution in [0.5, 0.6) is 5.75 Å². The third kappa shape index (κ3) is 2.63. The zero-order chi connectivity index (χ0) is 14.8. The van der Waals surface area contributed by atoms with Gasteiger partial charge in [-0.3, -0.25) is 0 Å². The van der Waals surface area contributed by atoms with Crippen LogP contribution in [0.3, 0.4) is 0 Å². The van der Waals surface area contributed by atoms with Crippen molar-refractivity contribution in [2.75, 3.05) is 36.5 Å². The number of hydrogen-bond donors (Lipinski definition) is 1. The van der Waals surface area contributed by atoms with E-state index in [1.54, 1.807) is 0 Å². The van der Waals surface area contributed by atoms with Crippen LogP contribution in [0, 0.1) is 0 Å². The number of benzene rings is 2. The molecule has 0 saturated heterocycles. The molecule has 0 aliphatic carbocycles. The fourth-order valence-electron chi connectivity index (χ4n) is 3.46. The number of ether oxygens (including phenoxy) is 1. The average molecular weight is 294 g/mol. The van der Waals surface area contributed by atoms with Gasteiger partial charge < -0.3 is 15.0 Å². The number of nitrogens with one attached hydrogen (secondary N) is 1. The number of rotatable bonds is 4. The van der Waals surface area contributed by atoms with Crippen molar-refractivity contribution in [2.24, 2.45) is 0 Å². The van der Waals surface area contributed by atoms with E-state index < -0.39 is 0 Å². The van der Waals surface area contributed by atoms with E-state index in [-0.39, 0.29) is 0 Å². The quantitative estimate of drug-likeness (QED) is 0.934. The Bertz CT molecular complexity index is 668. The minimum Gasteiger partial charge on any atom is -0.490 e. The summed E-state index contributed by atoms with van der Waals surface area (Å²) in [5.41, 5.74) is 5.47. The van der Waals surface area contributed by atoms with E-state index in [9.17, 15) is 0 Å². The van der Waals surface area contributed by atoms with E-state index in [1.165, 1.54) is 36.2 Å². The Labute approximate surface area is 131 Å². The van der Waals surface area contributed by atoms with Gasteiger partial charge in [0.1, 0.15) is 12.4 Å². The predicted molar refractivity (Wildman–Crippen MR) is 91.1 cm³/mol. The van der Waals surface area contributed by atoms with Crippen LogP contribution in [-0.4, -0.2) is 26.2 Å². The molecule has 0 saturated carbocycles. The van der Waals surface area contributed by atoms with E-state index in [2.05, 4.69) is 52.7 Å². The first-order valence-corrected chi connectivity index (χ1v) is 8.22. The molecule has 22 heavy (non-hydrogen) atoms. The van der Waals surface area contributed by atoms with E-state index >= 15 is 0 Å². The van der Waals surface area contributed by atoms with Crippen molar-refractivity contribution < 1.29 is 4.74 Å². The summed E-state index contributed by atoms with van der Waals surface area (Å²) in [5.74, 6) is 0.989. The molecule has 3 nitrogen and oxygen atoms in total. The van der Waals surface area contributed by atoms with Crippen LogP contribution in [0.2, 0.25) is 0 Å². The van der Waals surface area contributed by atoms with Gasteiger partial charge >= 0.3 is 0 Å². The summed E-state index contributed by atoms with van der Waals surface area (Å²) in [4.78, 5) is 2.52. The van der Waals surface area contributed by atoms with Crippen LogP contribution < -0.4 is 15.0 Å². The van der Waals surface area contributed by atoms with Crippen molar-refractivity contribution >= 4 is 11.4 Å². The SMILES string of the molecule is c1ccc2c(c1)CCN2CCCc1ccc2c(c1)NCCO2. The zero-order valence-electron chi connectivity index (χ0n) is 12.8. The normalized spacial score (nSPS) is 15.7. The van der Waals surface area contributed by atoms with Crippen LogP contribution in [0.4, 0.5) is 11.4 Å². The Balaban J connectivity index is 1.36. The number of hydrogen-bond acceptors (Lipinski definition) is 3. The minimum atomic E-state index is 0.765. The molecule has 2 aliphatic rings. The Morgan fingerprint density at radius 3 is 3.09 bits per heavy atom. The lowest BCUT2D eigenvalue weighted by molar-refractivity contribution is 0.323. The van der Waals surface area contributed by atoms with Crippen molar-refractivity contribution in [2.45, 2.75) is 19.3 Å². The lowest BCUT2D eigenvalue weighted by Crippen LogP contribution is -2.22. The van der Waals surface area contributed by atoms with Gasteiger partial charge in [-0.2, -0.15) is 0 Å². The summed E-state index contributed by atoms with van der Waals surface area (Å²) in [7, 11) is 0. The molecular formula is C19H22N2O. The van der Waals surface area contributed by atoms with Crippen molar-refractivity contribution in [3.8, 4) is 5.75 Å². The number of nitrogens with zero attached hydrogens (tertiary/aromatic N) is 1. The highest BCUT2D eigenvalue weighted by molar-refractivity contribution is 5.59. The first-order chi connectivity index (χ1) is 10.9. The van der Waals surface area contributed by atoms with Crippen molar-refractivity contribution in [1.82, 2.24) is 0 Å². The minimum absolute atomic E-state index is 0.765. The maximum Gasteiger partial charge on any atom is 0.142 e. The third-order valence-electron chi connectivity index (χ3n) is 4.60. The van der Waals surface area contributed by atoms with Crippen LogP contribution in [0.25, 0.3) is 0 Å². The van der Waals surface area contributed by atoms with Gasteiger partial charge in [-0.15, -0.1) is 0 Å². The molecule has 2 aromatic rings. The molecule has 0 bridgehead atoms. The lowest BCUT2D eigenvalue weighted by atomic mass is 10.1. The summed E-state index contributed by atoms with van der Waals surface area (Å²) in [6.45, 7) is 3.97. The van der Waals surface area contributed by atoms with Gasteiger partial charge in [-0.05, 0) is 48.6 Å². The maximum absolute atomic E-state index is 5.63. The molecule has 2 aliphatic heterocycles. The van der Waals surface area contributed by atoms with Gasteiger partial charge in [0.05, 0.1) is 5.69 Å². The number of anilines is 2. The van der Waals surface area contributed by atoms with Crippen LogP contribution in [-0.2, 0) is 12.8 Å². The highest BCUT2D eigenvalue weighted by Crippen LogP contribution is 2.29. The molecule has 0 aromatic heterocycles. The molecule has 4 rings (SSSR count). The lowest BCUT2D eigenvalue weighted by Gasteiger charge is -2.21. The summed E-state index contributed by atoms with van der Waals surface area (Å²) < 4.78 is 5.63. The fraction of sp³-hybridized carbons (Fsp3) is 0.368. The Morgan fingerprint density at radius 1 is 1.14 bits per heavy atom. The van der Waals surface area contributed by atoms with Crippen LogP contribution >= 0.6 is 0 Å². The number of aryl methyl sites for hydroxylation is 1. The van der Waals surface area contributed by atoms with Gasteiger partial charge in [-0.25, -0.2) is 0 Å². The summed E-state index contributed by atoms with van der Waals surface area (Å²) in [5, 5.41) is 3.41. The predicted octanol–water partition coefficient (Wildman–Crippen LogP) is 3.49. The maximum atomic E-state index is 5.63. The third-order valence-corrected chi connectivity index (χ3v) is 4.60. The molecule has 0 unspecified atom stereocenters. The molecule has 2 heterocycles. The summed E-state index contributed by atoms with van der Waals surface area (Å²) >= 11 is 0. The van der Waals surface area contributed by atoms with Gasteiger partial charge in [0.15, 0.2) is 0 Å². The van der Waals surface area contributed by atoms with Crippen molar-refractivity contribution in [3.05, 3.63) is 53.6 Å². The molecule has 1 N–H and O–H groups in total.